The minimum absolute atomic E-state index is 0.446. The number of hydrogen-bond donors (Lipinski definition) is 1. The number of sulfonamides is 1. The number of benzene rings is 1. The van der Waals surface area contributed by atoms with Crippen LogP contribution in [-0.2, 0) is 20.8 Å². The quantitative estimate of drug-likeness (QED) is 0.893. The van der Waals surface area contributed by atoms with Crippen LogP contribution in [0.15, 0.2) is 29.2 Å². The maximum atomic E-state index is 11.8. The second kappa shape index (κ2) is 5.64. The van der Waals surface area contributed by atoms with Crippen molar-refractivity contribution in [3.05, 3.63) is 24.3 Å². The van der Waals surface area contributed by atoms with Crippen molar-refractivity contribution in [1.29, 1.82) is 0 Å². The highest BCUT2D eigenvalue weighted by molar-refractivity contribution is 7.93. The lowest BCUT2D eigenvalue weighted by molar-refractivity contribution is 0.586. The fourth-order valence-corrected chi connectivity index (χ4v) is 2.88. The van der Waals surface area contributed by atoms with Crippen LogP contribution in [0.4, 0.5) is 5.69 Å². The Balaban J connectivity index is 2.96. The molecule has 0 saturated carbocycles. The van der Waals surface area contributed by atoms with E-state index in [9.17, 15) is 12.6 Å². The summed E-state index contributed by atoms with van der Waals surface area (Å²) in [6, 6.07) is 6.63. The Hall–Kier alpha value is -0.880. The standard InChI is InChI=1S/C11H17NO3S2/c1-4-9(2)17(14,15)12-10-6-5-7-11(8-10)16(3)13/h5-9,12H,4H2,1-3H3/t9-,16+/m1/s1. The van der Waals surface area contributed by atoms with Gasteiger partial charge < -0.3 is 0 Å². The molecule has 2 atom stereocenters. The van der Waals surface area contributed by atoms with Crippen LogP contribution in [0.3, 0.4) is 0 Å². The highest BCUT2D eigenvalue weighted by atomic mass is 32.2. The van der Waals surface area contributed by atoms with E-state index in [4.69, 9.17) is 0 Å². The molecule has 0 bridgehead atoms. The Labute approximate surface area is 105 Å². The van der Waals surface area contributed by atoms with Crippen LogP contribution in [0.5, 0.6) is 0 Å². The first kappa shape index (κ1) is 14.2. The summed E-state index contributed by atoms with van der Waals surface area (Å²) < 4.78 is 37.4. The molecular weight excluding hydrogens is 258 g/mol. The predicted octanol–water partition coefficient (Wildman–Crippen LogP) is 1.96. The average Bonchev–Trinajstić information content (AvgIpc) is 2.27. The molecule has 0 amide bonds. The first-order valence-electron chi connectivity index (χ1n) is 5.32. The van der Waals surface area contributed by atoms with Crippen molar-refractivity contribution in [2.75, 3.05) is 11.0 Å². The first-order chi connectivity index (χ1) is 7.86. The van der Waals surface area contributed by atoms with E-state index in [0.29, 0.717) is 17.0 Å². The van der Waals surface area contributed by atoms with Crippen LogP contribution >= 0.6 is 0 Å². The predicted molar refractivity (Wildman–Crippen MR) is 71.1 cm³/mol. The van der Waals surface area contributed by atoms with Crippen molar-refractivity contribution in [2.45, 2.75) is 30.4 Å². The minimum Gasteiger partial charge on any atom is -0.283 e. The third-order valence-electron chi connectivity index (χ3n) is 2.53. The molecule has 17 heavy (non-hydrogen) atoms. The van der Waals surface area contributed by atoms with E-state index in [-0.39, 0.29) is 0 Å². The highest BCUT2D eigenvalue weighted by Crippen LogP contribution is 2.16. The maximum absolute atomic E-state index is 11.8. The number of nitrogens with one attached hydrogen (secondary N) is 1. The zero-order valence-corrected chi connectivity index (χ0v) is 11.8. The van der Waals surface area contributed by atoms with E-state index in [1.54, 1.807) is 37.4 Å². The van der Waals surface area contributed by atoms with Crippen molar-refractivity contribution >= 4 is 26.5 Å². The van der Waals surface area contributed by atoms with E-state index < -0.39 is 26.1 Å². The summed E-state index contributed by atoms with van der Waals surface area (Å²) in [5, 5.41) is -0.446. The topological polar surface area (TPSA) is 63.2 Å². The Morgan fingerprint density at radius 1 is 1.41 bits per heavy atom. The van der Waals surface area contributed by atoms with Gasteiger partial charge >= 0.3 is 0 Å². The molecule has 0 radical (unpaired) electrons. The van der Waals surface area contributed by atoms with Crippen LogP contribution < -0.4 is 4.72 Å². The summed E-state index contributed by atoms with van der Waals surface area (Å²) >= 11 is 0. The second-order valence-electron chi connectivity index (χ2n) is 3.85. The Morgan fingerprint density at radius 3 is 2.59 bits per heavy atom. The summed E-state index contributed by atoms with van der Waals surface area (Å²) in [7, 11) is -4.47. The molecule has 0 aliphatic carbocycles. The van der Waals surface area contributed by atoms with Gasteiger partial charge in [0, 0.05) is 27.6 Å². The largest absolute Gasteiger partial charge is 0.283 e. The number of rotatable bonds is 5. The molecule has 0 aliphatic heterocycles. The number of hydrogen-bond acceptors (Lipinski definition) is 3. The Bertz CT molecular complexity index is 511. The van der Waals surface area contributed by atoms with Crippen LogP contribution in [-0.4, -0.2) is 24.1 Å². The number of anilines is 1. The first-order valence-corrected chi connectivity index (χ1v) is 8.42. The summed E-state index contributed by atoms with van der Waals surface area (Å²) in [6.07, 6.45) is 2.11. The van der Waals surface area contributed by atoms with Gasteiger partial charge in [-0.2, -0.15) is 0 Å². The van der Waals surface area contributed by atoms with E-state index in [1.807, 2.05) is 6.92 Å². The third-order valence-corrected chi connectivity index (χ3v) is 5.36. The third kappa shape index (κ3) is 3.81. The van der Waals surface area contributed by atoms with Gasteiger partial charge in [-0.1, -0.05) is 13.0 Å². The molecule has 0 aromatic heterocycles. The van der Waals surface area contributed by atoms with Gasteiger partial charge in [0.05, 0.1) is 5.25 Å². The molecule has 4 nitrogen and oxygen atoms in total. The van der Waals surface area contributed by atoms with E-state index in [1.165, 1.54) is 0 Å². The molecular formula is C11H17NO3S2. The van der Waals surface area contributed by atoms with E-state index in [0.717, 1.165) is 0 Å². The fraction of sp³-hybridized carbons (Fsp3) is 0.455. The minimum atomic E-state index is -3.35. The van der Waals surface area contributed by atoms with Gasteiger partial charge in [-0.25, -0.2) is 8.42 Å². The van der Waals surface area contributed by atoms with Crippen molar-refractivity contribution < 1.29 is 12.6 Å². The van der Waals surface area contributed by atoms with Gasteiger partial charge in [-0.05, 0) is 31.5 Å². The molecule has 0 heterocycles. The Kier molecular flexibility index (Phi) is 4.70. The summed E-state index contributed by atoms with van der Waals surface area (Å²) in [5.41, 5.74) is 0.456. The van der Waals surface area contributed by atoms with Gasteiger partial charge in [-0.3, -0.25) is 8.93 Å². The lowest BCUT2D eigenvalue weighted by atomic mass is 10.3. The van der Waals surface area contributed by atoms with E-state index in [2.05, 4.69) is 4.72 Å². The molecule has 1 rings (SSSR count). The van der Waals surface area contributed by atoms with Crippen LogP contribution in [0.25, 0.3) is 0 Å². The molecule has 96 valence electrons. The SMILES string of the molecule is CC[C@@H](C)S(=O)(=O)Nc1cccc([S@](C)=O)c1. The molecule has 0 fully saturated rings. The fourth-order valence-electron chi connectivity index (χ4n) is 1.22. The van der Waals surface area contributed by atoms with Crippen molar-refractivity contribution in [3.63, 3.8) is 0 Å². The van der Waals surface area contributed by atoms with Gasteiger partial charge in [0.2, 0.25) is 10.0 Å². The second-order valence-corrected chi connectivity index (χ2v) is 7.33. The molecule has 1 aromatic rings. The van der Waals surface area contributed by atoms with Gasteiger partial charge in [0.15, 0.2) is 0 Å². The normalized spacial score (nSPS) is 15.2. The molecule has 0 aliphatic rings. The zero-order valence-electron chi connectivity index (χ0n) is 10.1. The summed E-state index contributed by atoms with van der Waals surface area (Å²) in [6.45, 7) is 3.48. The molecule has 6 heteroatoms. The average molecular weight is 275 g/mol. The van der Waals surface area contributed by atoms with Crippen molar-refractivity contribution in [3.8, 4) is 0 Å². The lowest BCUT2D eigenvalue weighted by Gasteiger charge is -2.13. The Morgan fingerprint density at radius 2 is 2.06 bits per heavy atom. The van der Waals surface area contributed by atoms with Crippen LogP contribution in [0, 0.1) is 0 Å². The zero-order chi connectivity index (χ0) is 13.1. The monoisotopic (exact) mass is 275 g/mol. The lowest BCUT2D eigenvalue weighted by Crippen LogP contribution is -2.24. The van der Waals surface area contributed by atoms with E-state index >= 15 is 0 Å². The van der Waals surface area contributed by atoms with Crippen molar-refractivity contribution in [1.82, 2.24) is 0 Å². The summed E-state index contributed by atoms with van der Waals surface area (Å²) in [4.78, 5) is 0.606. The highest BCUT2D eigenvalue weighted by Gasteiger charge is 2.18. The smallest absolute Gasteiger partial charge is 0.235 e. The van der Waals surface area contributed by atoms with Crippen LogP contribution in [0.2, 0.25) is 0 Å². The van der Waals surface area contributed by atoms with Crippen LogP contribution in [0.1, 0.15) is 20.3 Å². The maximum Gasteiger partial charge on any atom is 0.235 e. The van der Waals surface area contributed by atoms with Crippen molar-refractivity contribution in [2.24, 2.45) is 0 Å². The van der Waals surface area contributed by atoms with Gasteiger partial charge in [0.1, 0.15) is 0 Å². The van der Waals surface area contributed by atoms with Gasteiger partial charge in [0.25, 0.3) is 0 Å². The molecule has 0 saturated heterocycles. The van der Waals surface area contributed by atoms with Gasteiger partial charge in [-0.15, -0.1) is 0 Å². The molecule has 1 aromatic carbocycles. The molecule has 1 N–H and O–H groups in total. The summed E-state index contributed by atoms with van der Waals surface area (Å²) in [5.74, 6) is 0. The molecule has 0 unspecified atom stereocenters. The molecule has 0 spiro atoms.